The summed E-state index contributed by atoms with van der Waals surface area (Å²) < 4.78 is 1.84. The second kappa shape index (κ2) is 4.78. The summed E-state index contributed by atoms with van der Waals surface area (Å²) in [7, 11) is 0. The van der Waals surface area contributed by atoms with E-state index in [1.807, 2.05) is 10.6 Å². The molecule has 2 aromatic heterocycles. The van der Waals surface area contributed by atoms with Crippen LogP contribution >= 0.6 is 0 Å². The molecule has 2 N–H and O–H groups in total. The molecule has 0 fully saturated rings. The van der Waals surface area contributed by atoms with Crippen LogP contribution in [-0.4, -0.2) is 34.2 Å². The largest absolute Gasteiger partial charge is 0.366 e. The van der Waals surface area contributed by atoms with Crippen molar-refractivity contribution in [3.8, 4) is 0 Å². The van der Waals surface area contributed by atoms with Crippen molar-refractivity contribution in [2.45, 2.75) is 13.3 Å². The van der Waals surface area contributed by atoms with Gasteiger partial charge in [-0.3, -0.25) is 0 Å². The van der Waals surface area contributed by atoms with E-state index in [0.29, 0.717) is 0 Å². The molecule has 5 nitrogen and oxygen atoms in total. The zero-order valence-corrected chi connectivity index (χ0v) is 10.5. The topological polar surface area (TPSA) is 54.2 Å². The number of fused-ring (bicyclic) bond motifs is 1. The third-order valence-corrected chi connectivity index (χ3v) is 3.18. The van der Waals surface area contributed by atoms with Gasteiger partial charge in [0, 0.05) is 13.1 Å². The Morgan fingerprint density at radius 3 is 3.22 bits per heavy atom. The molecule has 0 amide bonds. The van der Waals surface area contributed by atoms with Crippen molar-refractivity contribution in [2.24, 2.45) is 0 Å². The van der Waals surface area contributed by atoms with E-state index in [9.17, 15) is 0 Å². The lowest BCUT2D eigenvalue weighted by molar-refractivity contribution is 0.697. The van der Waals surface area contributed by atoms with Crippen LogP contribution in [0.2, 0.25) is 0 Å². The highest BCUT2D eigenvalue weighted by Crippen LogP contribution is 2.14. The van der Waals surface area contributed by atoms with E-state index in [-0.39, 0.29) is 0 Å². The average molecular weight is 243 g/mol. The molecule has 0 saturated heterocycles. The van der Waals surface area contributed by atoms with Gasteiger partial charge in [0.15, 0.2) is 5.65 Å². The smallest absolute Gasteiger partial charge is 0.157 e. The van der Waals surface area contributed by atoms with Crippen LogP contribution in [0, 0.1) is 6.92 Å². The average Bonchev–Trinajstić information content (AvgIpc) is 2.85. The van der Waals surface area contributed by atoms with Crippen molar-refractivity contribution in [2.75, 3.05) is 25.0 Å². The first-order valence-corrected chi connectivity index (χ1v) is 6.26. The van der Waals surface area contributed by atoms with Gasteiger partial charge in [0.05, 0.1) is 0 Å². The summed E-state index contributed by atoms with van der Waals surface area (Å²) in [5, 5.41) is 11.0. The maximum atomic E-state index is 4.23. The van der Waals surface area contributed by atoms with E-state index < -0.39 is 0 Å². The second-order valence-corrected chi connectivity index (χ2v) is 4.62. The van der Waals surface area contributed by atoms with Gasteiger partial charge >= 0.3 is 0 Å². The Kier molecular flexibility index (Phi) is 2.98. The summed E-state index contributed by atoms with van der Waals surface area (Å²) in [4.78, 5) is 4.22. The standard InChI is InChI=1S/C13H17N5/c1-10-6-12(18-13(7-10)16-9-17-18)15-8-11-2-4-14-5-3-11/h2,6-7,9,14-15H,3-5,8H2,1H3. The van der Waals surface area contributed by atoms with Crippen LogP contribution < -0.4 is 10.6 Å². The fourth-order valence-electron chi connectivity index (χ4n) is 2.22. The van der Waals surface area contributed by atoms with Gasteiger partial charge in [0.1, 0.15) is 12.1 Å². The van der Waals surface area contributed by atoms with Gasteiger partial charge in [0.25, 0.3) is 0 Å². The molecule has 3 rings (SSSR count). The highest BCUT2D eigenvalue weighted by molar-refractivity contribution is 5.51. The molecule has 0 aliphatic carbocycles. The van der Waals surface area contributed by atoms with Crippen molar-refractivity contribution in [3.05, 3.63) is 35.7 Å². The van der Waals surface area contributed by atoms with E-state index in [2.05, 4.69) is 39.8 Å². The molecule has 1 aliphatic heterocycles. The molecule has 3 heterocycles. The molecule has 5 heteroatoms. The van der Waals surface area contributed by atoms with Gasteiger partial charge in [-0.05, 0) is 37.6 Å². The Balaban J connectivity index is 1.81. The summed E-state index contributed by atoms with van der Waals surface area (Å²) in [6.07, 6.45) is 4.95. The second-order valence-electron chi connectivity index (χ2n) is 4.62. The van der Waals surface area contributed by atoms with Crippen LogP contribution in [0.1, 0.15) is 12.0 Å². The summed E-state index contributed by atoms with van der Waals surface area (Å²) in [6.45, 7) is 4.99. The Morgan fingerprint density at radius 1 is 1.44 bits per heavy atom. The van der Waals surface area contributed by atoms with Gasteiger partial charge in [-0.2, -0.15) is 9.61 Å². The van der Waals surface area contributed by atoms with E-state index in [4.69, 9.17) is 0 Å². The molecule has 18 heavy (non-hydrogen) atoms. The quantitative estimate of drug-likeness (QED) is 0.799. The van der Waals surface area contributed by atoms with E-state index in [1.54, 1.807) is 6.33 Å². The van der Waals surface area contributed by atoms with Gasteiger partial charge in [0.2, 0.25) is 0 Å². The number of nitrogens with one attached hydrogen (secondary N) is 2. The normalized spacial score (nSPS) is 15.7. The monoisotopic (exact) mass is 243 g/mol. The lowest BCUT2D eigenvalue weighted by Crippen LogP contribution is -2.23. The zero-order chi connectivity index (χ0) is 12.4. The number of aromatic nitrogens is 3. The Hall–Kier alpha value is -1.88. The summed E-state index contributed by atoms with van der Waals surface area (Å²) >= 11 is 0. The van der Waals surface area contributed by atoms with Crippen molar-refractivity contribution in [3.63, 3.8) is 0 Å². The van der Waals surface area contributed by atoms with Crippen LogP contribution in [0.4, 0.5) is 5.82 Å². The summed E-state index contributed by atoms with van der Waals surface area (Å²) in [5.74, 6) is 1.00. The first-order valence-electron chi connectivity index (χ1n) is 6.26. The molecule has 0 radical (unpaired) electrons. The van der Waals surface area contributed by atoms with Gasteiger partial charge < -0.3 is 10.6 Å². The number of hydrogen-bond acceptors (Lipinski definition) is 4. The first-order chi connectivity index (χ1) is 8.83. The number of anilines is 1. The molecule has 94 valence electrons. The maximum Gasteiger partial charge on any atom is 0.157 e. The van der Waals surface area contributed by atoms with E-state index >= 15 is 0 Å². The highest BCUT2D eigenvalue weighted by Gasteiger charge is 2.06. The van der Waals surface area contributed by atoms with Crippen LogP contribution in [0.5, 0.6) is 0 Å². The SMILES string of the molecule is Cc1cc(NCC2=CCNCC2)n2ncnc2c1. The maximum absolute atomic E-state index is 4.23. The fourth-order valence-corrected chi connectivity index (χ4v) is 2.22. The molecule has 0 saturated carbocycles. The van der Waals surface area contributed by atoms with Gasteiger partial charge in [-0.15, -0.1) is 0 Å². The molecular weight excluding hydrogens is 226 g/mol. The first kappa shape index (κ1) is 11.2. The molecular formula is C13H17N5. The number of aryl methyl sites for hydroxylation is 1. The van der Waals surface area contributed by atoms with Crippen molar-refractivity contribution < 1.29 is 0 Å². The number of hydrogen-bond donors (Lipinski definition) is 2. The van der Waals surface area contributed by atoms with Crippen LogP contribution in [0.3, 0.4) is 0 Å². The Morgan fingerprint density at radius 2 is 2.39 bits per heavy atom. The lowest BCUT2D eigenvalue weighted by Gasteiger charge is -2.15. The molecule has 2 aromatic rings. The summed E-state index contributed by atoms with van der Waals surface area (Å²) in [5.41, 5.74) is 3.53. The van der Waals surface area contributed by atoms with Crippen LogP contribution in [-0.2, 0) is 0 Å². The van der Waals surface area contributed by atoms with Crippen molar-refractivity contribution in [1.82, 2.24) is 19.9 Å². The molecule has 0 atom stereocenters. The zero-order valence-electron chi connectivity index (χ0n) is 10.5. The minimum atomic E-state index is 0.875. The minimum Gasteiger partial charge on any atom is -0.366 e. The van der Waals surface area contributed by atoms with E-state index in [0.717, 1.165) is 37.5 Å². The van der Waals surface area contributed by atoms with Crippen molar-refractivity contribution >= 4 is 11.5 Å². The lowest BCUT2D eigenvalue weighted by atomic mass is 10.1. The number of rotatable bonds is 3. The van der Waals surface area contributed by atoms with E-state index in [1.165, 1.54) is 11.1 Å². The van der Waals surface area contributed by atoms with Crippen LogP contribution in [0.25, 0.3) is 5.65 Å². The predicted molar refractivity (Wildman–Crippen MR) is 71.8 cm³/mol. The van der Waals surface area contributed by atoms with Gasteiger partial charge in [-0.1, -0.05) is 11.6 Å². The van der Waals surface area contributed by atoms with Crippen LogP contribution in [0.15, 0.2) is 30.1 Å². The molecule has 0 aromatic carbocycles. The number of pyridine rings is 1. The molecule has 0 bridgehead atoms. The minimum absolute atomic E-state index is 0.875. The molecule has 0 spiro atoms. The molecule has 0 unspecified atom stereocenters. The highest BCUT2D eigenvalue weighted by atomic mass is 15.3. The molecule has 1 aliphatic rings. The van der Waals surface area contributed by atoms with Crippen molar-refractivity contribution in [1.29, 1.82) is 0 Å². The summed E-state index contributed by atoms with van der Waals surface area (Å²) in [6, 6.07) is 4.13. The predicted octanol–water partition coefficient (Wildman–Crippen LogP) is 1.37. The Bertz CT molecular complexity index is 584. The third-order valence-electron chi connectivity index (χ3n) is 3.18. The Labute approximate surface area is 106 Å². The third kappa shape index (κ3) is 2.22. The fraction of sp³-hybridized carbons (Fsp3) is 0.385. The number of nitrogens with zero attached hydrogens (tertiary/aromatic N) is 3. The van der Waals surface area contributed by atoms with Gasteiger partial charge in [-0.25, -0.2) is 4.98 Å².